The molecule has 4 nitrogen and oxygen atoms in total. The molecule has 2 heterocycles. The van der Waals surface area contributed by atoms with Crippen molar-refractivity contribution in [3.05, 3.63) is 57.3 Å². The molecule has 0 aromatic carbocycles. The molecule has 0 saturated carbocycles. The molecule has 1 aliphatic heterocycles. The first-order valence-corrected chi connectivity index (χ1v) is 9.47. The maximum atomic E-state index is 13.1. The number of ether oxygens (including phenoxy) is 1. The Labute approximate surface area is 156 Å². The molecule has 1 unspecified atom stereocenters. The Morgan fingerprint density at radius 1 is 1.42 bits per heavy atom. The first-order chi connectivity index (χ1) is 12.4. The van der Waals surface area contributed by atoms with E-state index in [4.69, 9.17) is 4.74 Å². The van der Waals surface area contributed by atoms with Crippen LogP contribution in [0.5, 0.6) is 0 Å². The second kappa shape index (κ2) is 7.58. The average molecular weight is 375 g/mol. The van der Waals surface area contributed by atoms with Crippen LogP contribution >= 0.6 is 11.3 Å². The summed E-state index contributed by atoms with van der Waals surface area (Å²) in [6, 6.07) is 3.74. The largest absolute Gasteiger partial charge is 0.491 e. The summed E-state index contributed by atoms with van der Waals surface area (Å²) in [5.74, 6) is -0.185. The molecule has 1 aromatic heterocycles. The number of allylic oxidation sites excluding steroid dienone is 4. The van der Waals surface area contributed by atoms with Crippen LogP contribution in [0.3, 0.4) is 0 Å². The average Bonchev–Trinajstić information content (AvgIpc) is 3.20. The lowest BCUT2D eigenvalue weighted by Crippen LogP contribution is -2.34. The van der Waals surface area contributed by atoms with Crippen molar-refractivity contribution in [3.8, 4) is 0 Å². The number of hydrogen-bond donors (Lipinski definition) is 0. The van der Waals surface area contributed by atoms with E-state index >= 15 is 0 Å². The van der Waals surface area contributed by atoms with Gasteiger partial charge in [-0.1, -0.05) is 6.08 Å². The van der Waals surface area contributed by atoms with E-state index in [2.05, 4.69) is 0 Å². The summed E-state index contributed by atoms with van der Waals surface area (Å²) in [7, 11) is 1.42. The van der Waals surface area contributed by atoms with Gasteiger partial charge in [-0.15, -0.1) is 11.3 Å². The van der Waals surface area contributed by atoms with Crippen LogP contribution in [0.25, 0.3) is 0 Å². The van der Waals surface area contributed by atoms with Crippen molar-refractivity contribution in [3.63, 3.8) is 0 Å². The first-order valence-electron chi connectivity index (χ1n) is 8.66. The van der Waals surface area contributed by atoms with E-state index in [-0.39, 0.29) is 41.8 Å². The molecule has 3 rings (SSSR count). The topological polar surface area (TPSA) is 46.6 Å². The zero-order chi connectivity index (χ0) is 18.8. The number of hydrogen-bond acceptors (Lipinski definition) is 4. The van der Waals surface area contributed by atoms with Crippen molar-refractivity contribution in [2.45, 2.75) is 32.7 Å². The Hall–Kier alpha value is -2.21. The highest BCUT2D eigenvalue weighted by Crippen LogP contribution is 2.30. The van der Waals surface area contributed by atoms with Gasteiger partial charge in [0.1, 0.15) is 5.83 Å². The van der Waals surface area contributed by atoms with Gasteiger partial charge < -0.3 is 9.64 Å². The second-order valence-corrected chi connectivity index (χ2v) is 7.95. The second-order valence-electron chi connectivity index (χ2n) is 6.78. The quantitative estimate of drug-likeness (QED) is 0.705. The number of carbonyl (C=O) groups excluding carboxylic acids is 2. The standard InChI is InChI=1S/C20H22FNO3S/c1-12(2)22-11-16(19(25-3)20(22)24)18(23)17-9-8-15(26-17)10-13-4-6-14(21)7-5-13/h4,6-9,12-13H,5,10-11H2,1-3H3. The Balaban J connectivity index is 1.74. The minimum absolute atomic E-state index is 0.00313. The molecular weight excluding hydrogens is 353 g/mol. The first kappa shape index (κ1) is 18.6. The van der Waals surface area contributed by atoms with Gasteiger partial charge in [-0.2, -0.15) is 0 Å². The number of thiophene rings is 1. The van der Waals surface area contributed by atoms with Crippen molar-refractivity contribution >= 4 is 23.0 Å². The highest BCUT2D eigenvalue weighted by molar-refractivity contribution is 7.14. The van der Waals surface area contributed by atoms with E-state index < -0.39 is 0 Å². The number of Topliss-reactive ketones (excluding diaryl/α,β-unsaturated/α-hetero) is 1. The molecule has 26 heavy (non-hydrogen) atoms. The van der Waals surface area contributed by atoms with Crippen LogP contribution in [0.4, 0.5) is 4.39 Å². The van der Waals surface area contributed by atoms with Gasteiger partial charge in [0.25, 0.3) is 5.91 Å². The van der Waals surface area contributed by atoms with Crippen LogP contribution < -0.4 is 0 Å². The van der Waals surface area contributed by atoms with Gasteiger partial charge in [-0.05, 0) is 56.9 Å². The third kappa shape index (κ3) is 3.65. The Morgan fingerprint density at radius 2 is 2.19 bits per heavy atom. The summed E-state index contributed by atoms with van der Waals surface area (Å²) in [5.41, 5.74) is 0.419. The number of amides is 1. The monoisotopic (exact) mass is 375 g/mol. The highest BCUT2D eigenvalue weighted by atomic mass is 32.1. The Bertz CT molecular complexity index is 819. The molecule has 1 aromatic rings. The summed E-state index contributed by atoms with van der Waals surface area (Å²) in [6.45, 7) is 4.11. The third-order valence-corrected chi connectivity index (χ3v) is 5.76. The van der Waals surface area contributed by atoms with E-state index in [1.165, 1.54) is 24.5 Å². The van der Waals surface area contributed by atoms with Gasteiger partial charge in [0.2, 0.25) is 5.78 Å². The predicted octanol–water partition coefficient (Wildman–Crippen LogP) is 4.05. The van der Waals surface area contributed by atoms with Crippen LogP contribution in [0.15, 0.2) is 47.5 Å². The van der Waals surface area contributed by atoms with Crippen molar-refractivity contribution < 1.29 is 18.7 Å². The maximum absolute atomic E-state index is 13.1. The van der Waals surface area contributed by atoms with E-state index in [9.17, 15) is 14.0 Å². The van der Waals surface area contributed by atoms with Crippen LogP contribution in [0.1, 0.15) is 34.8 Å². The Kier molecular flexibility index (Phi) is 5.41. The number of halogens is 1. The van der Waals surface area contributed by atoms with Crippen molar-refractivity contribution in [1.82, 2.24) is 4.90 Å². The Morgan fingerprint density at radius 3 is 2.81 bits per heavy atom. The van der Waals surface area contributed by atoms with Crippen LogP contribution in [-0.4, -0.2) is 36.3 Å². The lowest BCUT2D eigenvalue weighted by Gasteiger charge is -2.20. The molecule has 0 fully saturated rings. The highest BCUT2D eigenvalue weighted by Gasteiger charge is 2.36. The number of methoxy groups -OCH3 is 1. The summed E-state index contributed by atoms with van der Waals surface area (Å²) in [4.78, 5) is 28.6. The molecule has 2 aliphatic rings. The van der Waals surface area contributed by atoms with Crippen molar-refractivity contribution in [2.24, 2.45) is 5.92 Å². The summed E-state index contributed by atoms with van der Waals surface area (Å²) >= 11 is 1.43. The van der Waals surface area contributed by atoms with Gasteiger partial charge in [0.05, 0.1) is 24.1 Å². The normalized spacial score (nSPS) is 20.2. The maximum Gasteiger partial charge on any atom is 0.289 e. The SMILES string of the molecule is COC1=C(C(=O)c2ccc(CC3C=CC(F)=CC3)s2)CN(C(C)C)C1=O. The molecule has 1 aliphatic carbocycles. The van der Waals surface area contributed by atoms with Gasteiger partial charge in [0, 0.05) is 10.9 Å². The van der Waals surface area contributed by atoms with Crippen LogP contribution in [-0.2, 0) is 16.0 Å². The smallest absolute Gasteiger partial charge is 0.289 e. The van der Waals surface area contributed by atoms with Gasteiger partial charge >= 0.3 is 0 Å². The molecule has 1 atom stereocenters. The zero-order valence-corrected chi connectivity index (χ0v) is 15.9. The zero-order valence-electron chi connectivity index (χ0n) is 15.1. The molecule has 0 saturated heterocycles. The third-order valence-electron chi connectivity index (χ3n) is 4.65. The fourth-order valence-electron chi connectivity index (χ4n) is 3.18. The number of carbonyl (C=O) groups is 2. The lowest BCUT2D eigenvalue weighted by molar-refractivity contribution is -0.129. The molecule has 0 N–H and O–H groups in total. The molecule has 0 spiro atoms. The van der Waals surface area contributed by atoms with E-state index in [1.807, 2.05) is 26.0 Å². The van der Waals surface area contributed by atoms with E-state index in [0.717, 1.165) is 11.3 Å². The predicted molar refractivity (Wildman–Crippen MR) is 99.7 cm³/mol. The molecule has 138 valence electrons. The van der Waals surface area contributed by atoms with Crippen molar-refractivity contribution in [2.75, 3.05) is 13.7 Å². The van der Waals surface area contributed by atoms with Crippen LogP contribution in [0, 0.1) is 5.92 Å². The van der Waals surface area contributed by atoms with Crippen LogP contribution in [0.2, 0.25) is 0 Å². The summed E-state index contributed by atoms with van der Waals surface area (Å²) in [6.07, 6.45) is 6.39. The summed E-state index contributed by atoms with van der Waals surface area (Å²) < 4.78 is 18.3. The number of rotatable bonds is 6. The van der Waals surface area contributed by atoms with Gasteiger partial charge in [-0.25, -0.2) is 4.39 Å². The molecule has 0 bridgehead atoms. The van der Waals surface area contributed by atoms with E-state index in [1.54, 1.807) is 17.0 Å². The number of ketones is 1. The minimum Gasteiger partial charge on any atom is -0.491 e. The van der Waals surface area contributed by atoms with E-state index in [0.29, 0.717) is 16.9 Å². The fraction of sp³-hybridized carbons (Fsp3) is 0.400. The fourth-order valence-corrected chi connectivity index (χ4v) is 4.25. The van der Waals surface area contributed by atoms with Gasteiger partial charge in [-0.3, -0.25) is 9.59 Å². The summed E-state index contributed by atoms with van der Waals surface area (Å²) in [5, 5.41) is 0. The minimum atomic E-state index is -0.233. The molecular formula is C20H22FNO3S. The van der Waals surface area contributed by atoms with Crippen molar-refractivity contribution in [1.29, 1.82) is 0 Å². The van der Waals surface area contributed by atoms with Gasteiger partial charge in [0.15, 0.2) is 5.76 Å². The number of nitrogens with zero attached hydrogens (tertiary/aromatic N) is 1. The lowest BCUT2D eigenvalue weighted by atomic mass is 9.96. The molecule has 6 heteroatoms. The molecule has 0 radical (unpaired) electrons. The molecule has 1 amide bonds.